The Kier molecular flexibility index (Phi) is 5.48. The van der Waals surface area contributed by atoms with Gasteiger partial charge in [0.2, 0.25) is 0 Å². The molecule has 13 heteroatoms. The molecule has 1 N–H and O–H groups in total. The van der Waals surface area contributed by atoms with E-state index < -0.39 is 26.7 Å². The summed E-state index contributed by atoms with van der Waals surface area (Å²) in [5.41, 5.74) is -0.0862. The van der Waals surface area contributed by atoms with Gasteiger partial charge in [0.1, 0.15) is 20.1 Å². The van der Waals surface area contributed by atoms with E-state index in [2.05, 4.69) is 43.1 Å². The Morgan fingerprint density at radius 2 is 2.10 bits per heavy atom. The number of nitrogens with one attached hydrogen (secondary N) is 1. The number of anilines is 1. The standard InChI is InChI=1S/C18H14ClF4IN6O/c1-17(24)15-12(4-5-29(17)13-7-25-27-16(31)14(13)19)30(28-26-15)8-9-2-3-10(20)6-11(9)18(21,22)23/h2-3,6-7H,4-5,8H2,1H3,(H,27,31). The van der Waals surface area contributed by atoms with E-state index in [-0.39, 0.29) is 17.1 Å². The van der Waals surface area contributed by atoms with Crippen molar-refractivity contribution in [2.45, 2.75) is 29.6 Å². The second-order valence-electron chi connectivity index (χ2n) is 7.10. The molecule has 0 fully saturated rings. The molecule has 0 bridgehead atoms. The molecule has 0 saturated heterocycles. The second kappa shape index (κ2) is 7.73. The van der Waals surface area contributed by atoms with Gasteiger partial charge in [-0.05, 0) is 47.2 Å². The maximum atomic E-state index is 13.4. The largest absolute Gasteiger partial charge is 0.416 e. The number of nitrogens with zero attached hydrogens (tertiary/aromatic N) is 5. The Morgan fingerprint density at radius 3 is 2.81 bits per heavy atom. The Balaban J connectivity index is 1.72. The summed E-state index contributed by atoms with van der Waals surface area (Å²) in [4.78, 5) is 13.7. The van der Waals surface area contributed by atoms with E-state index in [1.807, 2.05) is 11.8 Å². The van der Waals surface area contributed by atoms with Crippen LogP contribution in [0, 0.1) is 5.82 Å². The highest BCUT2D eigenvalue weighted by atomic mass is 127. The van der Waals surface area contributed by atoms with Crippen LogP contribution in [0.4, 0.5) is 23.2 Å². The maximum Gasteiger partial charge on any atom is 0.416 e. The van der Waals surface area contributed by atoms with Crippen LogP contribution in [0.1, 0.15) is 29.4 Å². The summed E-state index contributed by atoms with van der Waals surface area (Å²) in [6, 6.07) is 2.57. The molecule has 2 aromatic heterocycles. The first-order valence-corrected chi connectivity index (χ1v) is 10.4. The van der Waals surface area contributed by atoms with E-state index in [4.69, 9.17) is 11.6 Å². The van der Waals surface area contributed by atoms with Crippen molar-refractivity contribution in [2.24, 2.45) is 0 Å². The van der Waals surface area contributed by atoms with Crippen LogP contribution in [-0.4, -0.2) is 31.7 Å². The third kappa shape index (κ3) is 3.90. The van der Waals surface area contributed by atoms with Crippen molar-refractivity contribution < 1.29 is 17.6 Å². The fourth-order valence-corrected chi connectivity index (χ4v) is 4.75. The highest BCUT2D eigenvalue weighted by Crippen LogP contribution is 2.43. The lowest BCUT2D eigenvalue weighted by atomic mass is 10.0. The molecule has 0 aliphatic carbocycles. The van der Waals surface area contributed by atoms with Crippen molar-refractivity contribution in [3.63, 3.8) is 0 Å². The van der Waals surface area contributed by atoms with Crippen LogP contribution in [0.25, 0.3) is 0 Å². The van der Waals surface area contributed by atoms with Crippen molar-refractivity contribution in [3.8, 4) is 0 Å². The third-order valence-corrected chi connectivity index (χ3v) is 6.57. The fraction of sp³-hybridized carbons (Fsp3) is 0.333. The van der Waals surface area contributed by atoms with Crippen LogP contribution in [-0.2, 0) is 22.7 Å². The average molecular weight is 569 g/mol. The van der Waals surface area contributed by atoms with Crippen molar-refractivity contribution in [1.82, 2.24) is 25.2 Å². The molecule has 1 aliphatic heterocycles. The number of fused-ring (bicyclic) bond motifs is 1. The summed E-state index contributed by atoms with van der Waals surface area (Å²) in [7, 11) is 0. The van der Waals surface area contributed by atoms with Crippen molar-refractivity contribution >= 4 is 39.9 Å². The summed E-state index contributed by atoms with van der Waals surface area (Å²) in [6.45, 7) is 2.03. The summed E-state index contributed by atoms with van der Waals surface area (Å²) in [6.07, 6.45) is -2.87. The number of aromatic nitrogens is 5. The zero-order valence-electron chi connectivity index (χ0n) is 15.8. The van der Waals surface area contributed by atoms with Gasteiger partial charge in [0, 0.05) is 13.0 Å². The molecule has 1 aliphatic rings. The minimum atomic E-state index is -4.70. The molecule has 4 rings (SSSR count). The van der Waals surface area contributed by atoms with E-state index in [0.717, 1.165) is 12.1 Å². The zero-order chi connectivity index (χ0) is 22.6. The van der Waals surface area contributed by atoms with Gasteiger partial charge in [0.05, 0.1) is 29.7 Å². The summed E-state index contributed by atoms with van der Waals surface area (Å²) >= 11 is 8.29. The summed E-state index contributed by atoms with van der Waals surface area (Å²) in [5, 5.41) is 14.3. The molecule has 0 radical (unpaired) electrons. The SMILES string of the molecule is CC1(I)c2nnn(Cc3ccc(F)cc3C(F)(F)F)c2CCN1c1cn[nH]c(=O)c1Cl. The van der Waals surface area contributed by atoms with Crippen LogP contribution >= 0.6 is 34.2 Å². The van der Waals surface area contributed by atoms with E-state index >= 15 is 0 Å². The van der Waals surface area contributed by atoms with E-state index in [1.54, 1.807) is 0 Å². The predicted molar refractivity (Wildman–Crippen MR) is 113 cm³/mol. The van der Waals surface area contributed by atoms with E-state index in [0.29, 0.717) is 36.1 Å². The highest BCUT2D eigenvalue weighted by Gasteiger charge is 2.42. The molecule has 1 aromatic carbocycles. The lowest BCUT2D eigenvalue weighted by Gasteiger charge is -2.41. The number of rotatable bonds is 3. The monoisotopic (exact) mass is 568 g/mol. The van der Waals surface area contributed by atoms with Gasteiger partial charge in [0.25, 0.3) is 5.56 Å². The van der Waals surface area contributed by atoms with Crippen LogP contribution in [0.5, 0.6) is 0 Å². The van der Waals surface area contributed by atoms with Gasteiger partial charge in [-0.25, -0.2) is 14.2 Å². The number of H-pyrrole nitrogens is 1. The summed E-state index contributed by atoms with van der Waals surface area (Å²) in [5.74, 6) is -0.962. The van der Waals surface area contributed by atoms with Crippen LogP contribution < -0.4 is 10.5 Å². The smallest absolute Gasteiger partial charge is 0.349 e. The number of halogens is 6. The Hall–Kier alpha value is -2.22. The lowest BCUT2D eigenvalue weighted by molar-refractivity contribution is -0.138. The summed E-state index contributed by atoms with van der Waals surface area (Å²) < 4.78 is 54.1. The second-order valence-corrected chi connectivity index (χ2v) is 9.57. The first kappa shape index (κ1) is 22.0. The van der Waals surface area contributed by atoms with E-state index in [9.17, 15) is 22.4 Å². The molecule has 1 atom stereocenters. The molecule has 3 heterocycles. The van der Waals surface area contributed by atoms with Crippen molar-refractivity contribution in [1.29, 1.82) is 0 Å². The predicted octanol–water partition coefficient (Wildman–Crippen LogP) is 3.89. The molecule has 164 valence electrons. The third-order valence-electron chi connectivity index (χ3n) is 5.11. The normalized spacial score (nSPS) is 18.9. The quantitative estimate of drug-likeness (QED) is 0.225. The molecule has 0 amide bonds. The zero-order valence-corrected chi connectivity index (χ0v) is 18.8. The van der Waals surface area contributed by atoms with Gasteiger partial charge < -0.3 is 4.90 Å². The average Bonchev–Trinajstić information content (AvgIpc) is 3.09. The molecule has 31 heavy (non-hydrogen) atoms. The van der Waals surface area contributed by atoms with Gasteiger partial charge in [-0.3, -0.25) is 4.79 Å². The van der Waals surface area contributed by atoms with Crippen molar-refractivity contribution in [3.05, 3.63) is 68.1 Å². The topological polar surface area (TPSA) is 79.7 Å². The Labute approximate surface area is 191 Å². The molecule has 0 saturated carbocycles. The number of aromatic amines is 1. The number of benzene rings is 1. The first-order valence-electron chi connectivity index (χ1n) is 8.98. The highest BCUT2D eigenvalue weighted by molar-refractivity contribution is 14.1. The molecule has 1 unspecified atom stereocenters. The van der Waals surface area contributed by atoms with Gasteiger partial charge in [-0.15, -0.1) is 5.10 Å². The molecule has 3 aromatic rings. The molecular formula is C18H14ClF4IN6O. The minimum Gasteiger partial charge on any atom is -0.349 e. The van der Waals surface area contributed by atoms with Crippen LogP contribution in [0.3, 0.4) is 0 Å². The molecule has 7 nitrogen and oxygen atoms in total. The maximum absolute atomic E-state index is 13.4. The Morgan fingerprint density at radius 1 is 1.35 bits per heavy atom. The van der Waals surface area contributed by atoms with Gasteiger partial charge in [-0.2, -0.15) is 18.3 Å². The van der Waals surface area contributed by atoms with Crippen molar-refractivity contribution in [2.75, 3.05) is 11.4 Å². The molecule has 0 spiro atoms. The minimum absolute atomic E-state index is 0.0186. The van der Waals surface area contributed by atoms with Gasteiger partial charge >= 0.3 is 6.18 Å². The number of hydrogen-bond acceptors (Lipinski definition) is 5. The number of alkyl halides is 4. The number of hydrogen-bond donors (Lipinski definition) is 1. The van der Waals surface area contributed by atoms with Gasteiger partial charge in [-0.1, -0.05) is 22.9 Å². The van der Waals surface area contributed by atoms with Gasteiger partial charge in [0.15, 0.2) is 0 Å². The lowest BCUT2D eigenvalue weighted by Crippen LogP contribution is -2.46. The Bertz CT molecular complexity index is 1210. The van der Waals surface area contributed by atoms with Crippen LogP contribution in [0.2, 0.25) is 5.02 Å². The fourth-order valence-electron chi connectivity index (χ4n) is 3.64. The molecular weight excluding hydrogens is 555 g/mol. The van der Waals surface area contributed by atoms with Crippen LogP contribution in [0.15, 0.2) is 29.2 Å². The first-order chi connectivity index (χ1) is 14.5. The van der Waals surface area contributed by atoms with E-state index in [1.165, 1.54) is 10.9 Å².